The Morgan fingerprint density at radius 2 is 1.93 bits per heavy atom. The van der Waals surface area contributed by atoms with Crippen molar-refractivity contribution in [2.75, 3.05) is 0 Å². The molecule has 80 valence electrons. The molecule has 0 aromatic heterocycles. The second-order valence-corrected chi connectivity index (χ2v) is 5.07. The van der Waals surface area contributed by atoms with Crippen LogP contribution in [0.25, 0.3) is 0 Å². The molecule has 1 rings (SSSR count). The lowest BCUT2D eigenvalue weighted by Crippen LogP contribution is -2.43. The van der Waals surface area contributed by atoms with Crippen LogP contribution in [0.3, 0.4) is 0 Å². The Morgan fingerprint density at radius 1 is 1.43 bits per heavy atom. The molecule has 14 heavy (non-hydrogen) atoms. The average molecular weight is 196 g/mol. The molecule has 1 saturated heterocycles. The molecule has 1 heterocycles. The molecular weight excluding hydrogens is 176 g/mol. The van der Waals surface area contributed by atoms with E-state index in [4.69, 9.17) is 10.1 Å². The molecular formula is C11H20N2O. The molecule has 1 aliphatic heterocycles. The van der Waals surface area contributed by atoms with E-state index in [9.17, 15) is 0 Å². The van der Waals surface area contributed by atoms with Crippen LogP contribution in [0.1, 0.15) is 34.6 Å². The first-order valence-corrected chi connectivity index (χ1v) is 4.99. The van der Waals surface area contributed by atoms with Gasteiger partial charge in [-0.05, 0) is 33.3 Å². The highest BCUT2D eigenvalue weighted by Gasteiger charge is 2.40. The zero-order valence-electron chi connectivity index (χ0n) is 9.72. The van der Waals surface area contributed by atoms with E-state index in [-0.39, 0.29) is 11.6 Å². The number of rotatable bonds is 1. The summed E-state index contributed by atoms with van der Waals surface area (Å²) in [4.78, 5) is 1.86. The maximum atomic E-state index is 8.02. The van der Waals surface area contributed by atoms with Crippen LogP contribution in [-0.2, 0) is 4.74 Å². The molecule has 1 aliphatic rings. The van der Waals surface area contributed by atoms with Gasteiger partial charge in [0.05, 0.1) is 0 Å². The van der Waals surface area contributed by atoms with Gasteiger partial charge in [-0.2, -0.15) is 0 Å². The first-order valence-electron chi connectivity index (χ1n) is 4.99. The summed E-state index contributed by atoms with van der Waals surface area (Å²) in [6.07, 6.45) is -0.137. The molecule has 1 unspecified atom stereocenters. The lowest BCUT2D eigenvalue weighted by Gasteiger charge is -2.31. The van der Waals surface area contributed by atoms with Gasteiger partial charge < -0.3 is 4.74 Å². The van der Waals surface area contributed by atoms with Gasteiger partial charge in [0.1, 0.15) is 5.84 Å². The molecule has 0 spiro atoms. The fourth-order valence-electron chi connectivity index (χ4n) is 1.70. The number of ether oxygens (including phenoxy) is 1. The van der Waals surface area contributed by atoms with Crippen LogP contribution in [0.4, 0.5) is 0 Å². The van der Waals surface area contributed by atoms with E-state index < -0.39 is 0 Å². The molecule has 0 aliphatic carbocycles. The third-order valence-electron chi connectivity index (χ3n) is 2.30. The first-order chi connectivity index (χ1) is 6.25. The van der Waals surface area contributed by atoms with Crippen molar-refractivity contribution in [1.82, 2.24) is 4.90 Å². The summed E-state index contributed by atoms with van der Waals surface area (Å²) in [7, 11) is 0. The second-order valence-electron chi connectivity index (χ2n) is 5.07. The van der Waals surface area contributed by atoms with E-state index in [1.165, 1.54) is 0 Å². The Hall–Kier alpha value is -0.990. The summed E-state index contributed by atoms with van der Waals surface area (Å²) < 4.78 is 5.58. The maximum absolute atomic E-state index is 8.02. The summed E-state index contributed by atoms with van der Waals surface area (Å²) in [6, 6.07) is 0. The summed E-state index contributed by atoms with van der Waals surface area (Å²) in [5.41, 5.74) is -0.127. The van der Waals surface area contributed by atoms with Crippen molar-refractivity contribution in [3.05, 3.63) is 12.5 Å². The summed E-state index contributed by atoms with van der Waals surface area (Å²) in [6.45, 7) is 14.1. The summed E-state index contributed by atoms with van der Waals surface area (Å²) in [5, 5.41) is 8.02. The predicted molar refractivity (Wildman–Crippen MR) is 58.2 cm³/mol. The fraction of sp³-hybridized carbons (Fsp3) is 0.727. The van der Waals surface area contributed by atoms with Gasteiger partial charge in [0.25, 0.3) is 0 Å². The lowest BCUT2D eigenvalue weighted by molar-refractivity contribution is 0.119. The van der Waals surface area contributed by atoms with Crippen LogP contribution in [-0.4, -0.2) is 22.4 Å². The van der Waals surface area contributed by atoms with Crippen molar-refractivity contribution >= 4 is 5.84 Å². The highest BCUT2D eigenvalue weighted by atomic mass is 16.5. The zero-order valence-corrected chi connectivity index (χ0v) is 9.72. The van der Waals surface area contributed by atoms with E-state index >= 15 is 0 Å². The highest BCUT2D eigenvalue weighted by molar-refractivity contribution is 5.88. The largest absolute Gasteiger partial charge is 0.468 e. The first kappa shape index (κ1) is 11.1. The van der Waals surface area contributed by atoms with E-state index in [1.54, 1.807) is 0 Å². The minimum absolute atomic E-state index is 0.127. The van der Waals surface area contributed by atoms with Crippen molar-refractivity contribution in [3.63, 3.8) is 0 Å². The minimum Gasteiger partial charge on any atom is -0.468 e. The molecule has 1 atom stereocenters. The van der Waals surface area contributed by atoms with Crippen LogP contribution in [0.2, 0.25) is 0 Å². The van der Waals surface area contributed by atoms with Crippen LogP contribution < -0.4 is 0 Å². The molecule has 1 N–H and O–H groups in total. The molecule has 0 saturated carbocycles. The molecule has 0 aromatic carbocycles. The van der Waals surface area contributed by atoms with Crippen molar-refractivity contribution in [2.24, 2.45) is 5.92 Å². The van der Waals surface area contributed by atoms with Gasteiger partial charge in [0.15, 0.2) is 12.0 Å². The smallest absolute Gasteiger partial charge is 0.188 e. The number of nitrogens with zero attached hydrogens (tertiary/aromatic N) is 1. The predicted octanol–water partition coefficient (Wildman–Crippen LogP) is 2.59. The Kier molecular flexibility index (Phi) is 2.61. The highest BCUT2D eigenvalue weighted by Crippen LogP contribution is 2.31. The molecule has 1 fully saturated rings. The van der Waals surface area contributed by atoms with Gasteiger partial charge in [-0.15, -0.1) is 0 Å². The van der Waals surface area contributed by atoms with Crippen molar-refractivity contribution in [1.29, 1.82) is 5.41 Å². The van der Waals surface area contributed by atoms with Gasteiger partial charge in [0.2, 0.25) is 0 Å². The molecule has 0 radical (unpaired) electrons. The van der Waals surface area contributed by atoms with Crippen molar-refractivity contribution in [3.8, 4) is 0 Å². The van der Waals surface area contributed by atoms with Crippen molar-refractivity contribution in [2.45, 2.75) is 46.3 Å². The van der Waals surface area contributed by atoms with Crippen molar-refractivity contribution < 1.29 is 4.74 Å². The number of hydrogen-bond donors (Lipinski definition) is 1. The van der Waals surface area contributed by atoms with Gasteiger partial charge in [-0.25, -0.2) is 0 Å². The Bertz CT molecular complexity index is 263. The average Bonchev–Trinajstić information content (AvgIpc) is 2.24. The number of nitrogens with one attached hydrogen (secondary N) is 1. The quantitative estimate of drug-likeness (QED) is 0.699. The topological polar surface area (TPSA) is 36.3 Å². The number of hydrogen-bond acceptors (Lipinski definition) is 2. The Balaban J connectivity index is 2.92. The normalized spacial score (nSPS) is 23.3. The monoisotopic (exact) mass is 196 g/mol. The van der Waals surface area contributed by atoms with E-state index in [0.29, 0.717) is 17.6 Å². The molecule has 0 bridgehead atoms. The number of amidine groups is 1. The minimum atomic E-state index is -0.137. The molecule has 0 amide bonds. The maximum Gasteiger partial charge on any atom is 0.188 e. The van der Waals surface area contributed by atoms with Gasteiger partial charge in [-0.1, -0.05) is 13.8 Å². The van der Waals surface area contributed by atoms with Crippen LogP contribution in [0.15, 0.2) is 12.5 Å². The Morgan fingerprint density at radius 3 is 2.14 bits per heavy atom. The molecule has 0 aromatic rings. The van der Waals surface area contributed by atoms with Gasteiger partial charge in [0, 0.05) is 5.54 Å². The second kappa shape index (κ2) is 3.30. The SMILES string of the molecule is C=C1OC(C(C)C)C(=N)N1C(C)(C)C. The van der Waals surface area contributed by atoms with Crippen LogP contribution >= 0.6 is 0 Å². The van der Waals surface area contributed by atoms with E-state index in [2.05, 4.69) is 41.2 Å². The van der Waals surface area contributed by atoms with Crippen LogP contribution in [0.5, 0.6) is 0 Å². The van der Waals surface area contributed by atoms with E-state index in [0.717, 1.165) is 0 Å². The van der Waals surface area contributed by atoms with Gasteiger partial charge >= 0.3 is 0 Å². The zero-order chi connectivity index (χ0) is 11.1. The third kappa shape index (κ3) is 1.76. The third-order valence-corrected chi connectivity index (χ3v) is 2.30. The summed E-state index contributed by atoms with van der Waals surface area (Å²) >= 11 is 0. The lowest BCUT2D eigenvalue weighted by atomic mass is 10.0. The molecule has 3 heteroatoms. The Labute approximate surface area is 86.3 Å². The summed E-state index contributed by atoms with van der Waals surface area (Å²) in [5.74, 6) is 1.44. The standard InChI is InChI=1S/C11H20N2O/c1-7(2)9-10(12)13(8(3)14-9)11(4,5)6/h7,9,12H,3H2,1-2,4-6H3. The molecule has 3 nitrogen and oxygen atoms in total. The van der Waals surface area contributed by atoms with Crippen LogP contribution in [0, 0.1) is 11.3 Å². The fourth-order valence-corrected chi connectivity index (χ4v) is 1.70. The van der Waals surface area contributed by atoms with Gasteiger partial charge in [-0.3, -0.25) is 10.3 Å². The van der Waals surface area contributed by atoms with E-state index in [1.807, 2.05) is 4.90 Å².